The predicted octanol–water partition coefficient (Wildman–Crippen LogP) is 2.59. The van der Waals surface area contributed by atoms with Gasteiger partial charge in [0.2, 0.25) is 0 Å². The monoisotopic (exact) mass is 348 g/mol. The van der Waals surface area contributed by atoms with Crippen molar-refractivity contribution in [2.75, 3.05) is 20.3 Å². The predicted molar refractivity (Wildman–Crippen MR) is 97.8 cm³/mol. The fourth-order valence-electron chi connectivity index (χ4n) is 3.12. The number of carbonyl (C=O) groups is 1. The normalized spacial score (nSPS) is 17.4. The smallest absolute Gasteiger partial charge is 0.338 e. The minimum atomic E-state index is -0.364. The van der Waals surface area contributed by atoms with E-state index >= 15 is 0 Å². The van der Waals surface area contributed by atoms with Gasteiger partial charge in [-0.15, -0.1) is 0 Å². The number of thiocarbonyl (C=S) groups is 1. The molecule has 130 valence electrons. The molecule has 6 heteroatoms. The maximum atomic E-state index is 12.6. The Bertz CT molecular complexity index is 674. The highest BCUT2D eigenvalue weighted by Crippen LogP contribution is 2.32. The Labute approximate surface area is 148 Å². The van der Waals surface area contributed by atoms with Crippen molar-refractivity contribution in [3.8, 4) is 0 Å². The van der Waals surface area contributed by atoms with Gasteiger partial charge in [-0.2, -0.15) is 0 Å². The fourth-order valence-corrected chi connectivity index (χ4v) is 3.39. The van der Waals surface area contributed by atoms with Crippen LogP contribution >= 0.6 is 12.2 Å². The van der Waals surface area contributed by atoms with Crippen molar-refractivity contribution in [3.05, 3.63) is 45.7 Å². The molecule has 2 rings (SSSR count). The molecule has 0 saturated heterocycles. The minimum Gasteiger partial charge on any atom is -0.460 e. The van der Waals surface area contributed by atoms with Crippen LogP contribution in [0.2, 0.25) is 0 Å². The van der Waals surface area contributed by atoms with E-state index < -0.39 is 0 Å². The molecule has 0 aromatic heterocycles. The first kappa shape index (κ1) is 18.4. The minimum absolute atomic E-state index is 0.217. The van der Waals surface area contributed by atoms with E-state index in [9.17, 15) is 4.79 Å². The van der Waals surface area contributed by atoms with Gasteiger partial charge in [0.15, 0.2) is 5.11 Å². The van der Waals surface area contributed by atoms with Crippen LogP contribution < -0.4 is 10.6 Å². The molecule has 0 saturated carbocycles. The molecule has 24 heavy (non-hydrogen) atoms. The second-order valence-electron chi connectivity index (χ2n) is 6.01. The zero-order valence-corrected chi connectivity index (χ0v) is 15.6. The van der Waals surface area contributed by atoms with Crippen molar-refractivity contribution in [1.29, 1.82) is 0 Å². The first-order chi connectivity index (χ1) is 11.3. The molecule has 0 bridgehead atoms. The van der Waals surface area contributed by atoms with E-state index in [2.05, 4.69) is 29.7 Å². The Morgan fingerprint density at radius 3 is 2.38 bits per heavy atom. The lowest BCUT2D eigenvalue weighted by Gasteiger charge is -2.31. The molecule has 1 atom stereocenters. The molecule has 0 fully saturated rings. The zero-order chi connectivity index (χ0) is 17.9. The summed E-state index contributed by atoms with van der Waals surface area (Å²) >= 11 is 5.29. The average Bonchev–Trinajstić information content (AvgIpc) is 2.45. The summed E-state index contributed by atoms with van der Waals surface area (Å²) in [4.78, 5) is 12.6. The standard InChI is InChI=1S/C18H24N2O3S/c1-10-8-11(2)14(12(3)9-10)16-15(13(4)19-18(24)20-16)17(21)23-7-6-22-5/h8-9,16H,6-7H2,1-5H3,(H2,19,20,24)/t16-/m0/s1. The topological polar surface area (TPSA) is 59.6 Å². The molecule has 1 aromatic rings. The second-order valence-corrected chi connectivity index (χ2v) is 6.42. The van der Waals surface area contributed by atoms with Gasteiger partial charge in [0.25, 0.3) is 0 Å². The maximum absolute atomic E-state index is 12.6. The molecule has 1 aliphatic rings. The molecular formula is C18H24N2O3S. The molecule has 0 spiro atoms. The lowest BCUT2D eigenvalue weighted by Crippen LogP contribution is -2.45. The van der Waals surface area contributed by atoms with Crippen LogP contribution in [0, 0.1) is 20.8 Å². The summed E-state index contributed by atoms with van der Waals surface area (Å²) in [7, 11) is 1.57. The van der Waals surface area contributed by atoms with E-state index in [4.69, 9.17) is 21.7 Å². The lowest BCUT2D eigenvalue weighted by molar-refractivity contribution is -0.140. The van der Waals surface area contributed by atoms with Gasteiger partial charge < -0.3 is 20.1 Å². The van der Waals surface area contributed by atoms with Crippen LogP contribution in [0.4, 0.5) is 0 Å². The Morgan fingerprint density at radius 1 is 1.17 bits per heavy atom. The van der Waals surface area contributed by atoms with Crippen LogP contribution in [0.5, 0.6) is 0 Å². The van der Waals surface area contributed by atoms with Gasteiger partial charge in [0.05, 0.1) is 18.2 Å². The number of ether oxygens (including phenoxy) is 2. The number of methoxy groups -OCH3 is 1. The van der Waals surface area contributed by atoms with Crippen molar-refractivity contribution in [2.45, 2.75) is 33.7 Å². The van der Waals surface area contributed by atoms with E-state index in [1.54, 1.807) is 7.11 Å². The van der Waals surface area contributed by atoms with Crippen molar-refractivity contribution < 1.29 is 14.3 Å². The highest BCUT2D eigenvalue weighted by Gasteiger charge is 2.32. The number of nitrogens with one attached hydrogen (secondary N) is 2. The third kappa shape index (κ3) is 3.94. The van der Waals surface area contributed by atoms with Gasteiger partial charge in [-0.1, -0.05) is 17.7 Å². The molecule has 0 aliphatic carbocycles. The van der Waals surface area contributed by atoms with E-state index in [1.165, 1.54) is 5.56 Å². The Kier molecular flexibility index (Phi) is 5.96. The first-order valence-electron chi connectivity index (χ1n) is 7.87. The van der Waals surface area contributed by atoms with Gasteiger partial charge in [0.1, 0.15) is 6.61 Å². The third-order valence-corrected chi connectivity index (χ3v) is 4.26. The first-order valence-corrected chi connectivity index (χ1v) is 8.28. The summed E-state index contributed by atoms with van der Waals surface area (Å²) in [5, 5.41) is 6.74. The molecular weight excluding hydrogens is 324 g/mol. The van der Waals surface area contributed by atoms with E-state index in [-0.39, 0.29) is 18.6 Å². The molecule has 0 radical (unpaired) electrons. The number of aryl methyl sites for hydroxylation is 3. The molecule has 1 aliphatic heterocycles. The fraction of sp³-hybridized carbons (Fsp3) is 0.444. The van der Waals surface area contributed by atoms with Gasteiger partial charge >= 0.3 is 5.97 Å². The number of rotatable bonds is 5. The molecule has 1 heterocycles. The number of allylic oxidation sites excluding steroid dienone is 1. The van der Waals surface area contributed by atoms with Crippen molar-refractivity contribution in [3.63, 3.8) is 0 Å². The molecule has 0 amide bonds. The summed E-state index contributed by atoms with van der Waals surface area (Å²) in [6.07, 6.45) is 0. The lowest BCUT2D eigenvalue weighted by atomic mass is 9.88. The van der Waals surface area contributed by atoms with E-state index in [0.29, 0.717) is 23.0 Å². The summed E-state index contributed by atoms with van der Waals surface area (Å²) < 4.78 is 10.3. The maximum Gasteiger partial charge on any atom is 0.338 e. The van der Waals surface area contributed by atoms with Crippen LogP contribution in [0.15, 0.2) is 23.4 Å². The quantitative estimate of drug-likeness (QED) is 0.485. The van der Waals surface area contributed by atoms with Gasteiger partial charge in [-0.05, 0) is 56.6 Å². The number of carbonyl (C=O) groups excluding carboxylic acids is 1. The Hall–Kier alpha value is -1.92. The van der Waals surface area contributed by atoms with Crippen LogP contribution in [0.25, 0.3) is 0 Å². The number of hydrogen-bond donors (Lipinski definition) is 2. The Balaban J connectivity index is 2.44. The highest BCUT2D eigenvalue weighted by molar-refractivity contribution is 7.80. The summed E-state index contributed by atoms with van der Waals surface area (Å²) in [5.74, 6) is -0.364. The van der Waals surface area contributed by atoms with Gasteiger partial charge in [0, 0.05) is 12.8 Å². The Morgan fingerprint density at radius 2 is 1.79 bits per heavy atom. The molecule has 2 N–H and O–H groups in total. The van der Waals surface area contributed by atoms with Crippen LogP contribution in [0.1, 0.15) is 35.2 Å². The number of esters is 1. The summed E-state index contributed by atoms with van der Waals surface area (Å²) in [6, 6.07) is 3.89. The third-order valence-electron chi connectivity index (χ3n) is 4.04. The molecule has 1 aromatic carbocycles. The second kappa shape index (κ2) is 7.77. The van der Waals surface area contributed by atoms with Crippen LogP contribution in [0.3, 0.4) is 0 Å². The van der Waals surface area contributed by atoms with Crippen molar-refractivity contribution in [2.24, 2.45) is 0 Å². The highest BCUT2D eigenvalue weighted by atomic mass is 32.1. The zero-order valence-electron chi connectivity index (χ0n) is 14.8. The molecule has 5 nitrogen and oxygen atoms in total. The largest absolute Gasteiger partial charge is 0.460 e. The number of benzene rings is 1. The van der Waals surface area contributed by atoms with Gasteiger partial charge in [-0.3, -0.25) is 0 Å². The summed E-state index contributed by atoms with van der Waals surface area (Å²) in [6.45, 7) is 8.58. The van der Waals surface area contributed by atoms with E-state index in [0.717, 1.165) is 16.7 Å². The average molecular weight is 348 g/mol. The van der Waals surface area contributed by atoms with Crippen molar-refractivity contribution >= 4 is 23.3 Å². The molecule has 0 unspecified atom stereocenters. The van der Waals surface area contributed by atoms with Crippen LogP contribution in [-0.4, -0.2) is 31.4 Å². The SMILES string of the molecule is COCCOC(=O)C1=C(C)NC(=S)N[C@H]1c1c(C)cc(C)cc1C. The van der Waals surface area contributed by atoms with E-state index in [1.807, 2.05) is 20.8 Å². The number of hydrogen-bond acceptors (Lipinski definition) is 4. The van der Waals surface area contributed by atoms with Gasteiger partial charge in [-0.25, -0.2) is 4.79 Å². The van der Waals surface area contributed by atoms with Crippen LogP contribution in [-0.2, 0) is 14.3 Å². The summed E-state index contributed by atoms with van der Waals surface area (Å²) in [5.41, 5.74) is 5.74. The van der Waals surface area contributed by atoms with Crippen molar-refractivity contribution in [1.82, 2.24) is 10.6 Å².